The summed E-state index contributed by atoms with van der Waals surface area (Å²) in [4.78, 5) is 16.3. The van der Waals surface area contributed by atoms with Crippen molar-refractivity contribution >= 4 is 11.6 Å². The minimum absolute atomic E-state index is 0.0247. The van der Waals surface area contributed by atoms with E-state index in [2.05, 4.69) is 4.90 Å². The molecule has 1 aliphatic heterocycles. The molecule has 7 heteroatoms. The molecule has 0 radical (unpaired) electrons. The Kier molecular flexibility index (Phi) is 5.58. The van der Waals surface area contributed by atoms with Crippen LogP contribution in [0.15, 0.2) is 48.5 Å². The Hall–Kier alpha value is -2.70. The lowest BCUT2D eigenvalue weighted by Gasteiger charge is -2.36. The number of piperazine rings is 1. The van der Waals surface area contributed by atoms with Gasteiger partial charge in [0, 0.05) is 37.9 Å². The molecule has 0 bridgehead atoms. The van der Waals surface area contributed by atoms with Crippen molar-refractivity contribution in [2.24, 2.45) is 0 Å². The Labute approximate surface area is 156 Å². The Morgan fingerprint density at radius 1 is 1.04 bits per heavy atom. The minimum atomic E-state index is -4.40. The Bertz CT molecular complexity index is 800. The highest BCUT2D eigenvalue weighted by Gasteiger charge is 2.30. The van der Waals surface area contributed by atoms with Crippen molar-refractivity contribution in [1.29, 1.82) is 0 Å². The molecule has 1 fully saturated rings. The van der Waals surface area contributed by atoms with Gasteiger partial charge >= 0.3 is 6.18 Å². The predicted octanol–water partition coefficient (Wildman–Crippen LogP) is 3.61. The van der Waals surface area contributed by atoms with Crippen LogP contribution in [0.4, 0.5) is 18.9 Å². The van der Waals surface area contributed by atoms with Gasteiger partial charge in [0.1, 0.15) is 5.75 Å². The Balaban J connectivity index is 1.59. The van der Waals surface area contributed by atoms with Crippen molar-refractivity contribution in [1.82, 2.24) is 4.90 Å². The summed E-state index contributed by atoms with van der Waals surface area (Å²) in [7, 11) is 1.61. The first kappa shape index (κ1) is 19.1. The van der Waals surface area contributed by atoms with Gasteiger partial charge in [0.05, 0.1) is 19.1 Å². The summed E-state index contributed by atoms with van der Waals surface area (Å²) >= 11 is 0. The summed E-state index contributed by atoms with van der Waals surface area (Å²) in [6, 6.07) is 12.7. The molecular formula is C20H21F3N2O2. The average molecular weight is 378 g/mol. The number of alkyl halides is 3. The van der Waals surface area contributed by atoms with Crippen molar-refractivity contribution in [2.75, 3.05) is 38.2 Å². The number of rotatable bonds is 4. The second kappa shape index (κ2) is 7.90. The second-order valence-corrected chi connectivity index (χ2v) is 6.44. The molecule has 1 aliphatic rings. The number of carbonyl (C=O) groups excluding carboxylic acids is 1. The fourth-order valence-electron chi connectivity index (χ4n) is 3.17. The highest BCUT2D eigenvalue weighted by molar-refractivity contribution is 5.79. The summed E-state index contributed by atoms with van der Waals surface area (Å²) in [6.07, 6.45) is -4.43. The number of methoxy groups -OCH3 is 1. The van der Waals surface area contributed by atoms with Crippen LogP contribution in [-0.2, 0) is 17.4 Å². The third-order valence-corrected chi connectivity index (χ3v) is 4.66. The number of amides is 1. The van der Waals surface area contributed by atoms with E-state index in [1.165, 1.54) is 6.07 Å². The topological polar surface area (TPSA) is 32.8 Å². The van der Waals surface area contributed by atoms with Crippen molar-refractivity contribution in [3.63, 3.8) is 0 Å². The molecule has 0 unspecified atom stereocenters. The number of ether oxygens (including phenoxy) is 1. The number of carbonyl (C=O) groups is 1. The van der Waals surface area contributed by atoms with E-state index in [9.17, 15) is 18.0 Å². The molecule has 0 aliphatic carbocycles. The molecule has 0 spiro atoms. The van der Waals surface area contributed by atoms with E-state index >= 15 is 0 Å². The highest BCUT2D eigenvalue weighted by atomic mass is 19.4. The molecule has 1 saturated heterocycles. The number of nitrogens with zero attached hydrogens (tertiary/aromatic N) is 2. The molecule has 3 rings (SSSR count). The molecule has 1 heterocycles. The van der Waals surface area contributed by atoms with Gasteiger partial charge in [0.25, 0.3) is 0 Å². The van der Waals surface area contributed by atoms with E-state index in [0.29, 0.717) is 31.7 Å². The molecule has 0 atom stereocenters. The van der Waals surface area contributed by atoms with Gasteiger partial charge in [-0.05, 0) is 23.8 Å². The van der Waals surface area contributed by atoms with Crippen LogP contribution in [0.2, 0.25) is 0 Å². The number of halogens is 3. The largest absolute Gasteiger partial charge is 0.497 e. The van der Waals surface area contributed by atoms with Crippen LogP contribution in [0.5, 0.6) is 5.75 Å². The van der Waals surface area contributed by atoms with E-state index in [-0.39, 0.29) is 12.3 Å². The molecule has 4 nitrogen and oxygen atoms in total. The smallest absolute Gasteiger partial charge is 0.416 e. The van der Waals surface area contributed by atoms with E-state index in [0.717, 1.165) is 23.6 Å². The Morgan fingerprint density at radius 2 is 1.74 bits per heavy atom. The fourth-order valence-corrected chi connectivity index (χ4v) is 3.17. The van der Waals surface area contributed by atoms with Crippen LogP contribution in [0.1, 0.15) is 11.1 Å². The first-order valence-electron chi connectivity index (χ1n) is 8.70. The average Bonchev–Trinajstić information content (AvgIpc) is 2.67. The van der Waals surface area contributed by atoms with Gasteiger partial charge in [-0.1, -0.05) is 24.3 Å². The van der Waals surface area contributed by atoms with Gasteiger partial charge in [0.15, 0.2) is 0 Å². The van der Waals surface area contributed by atoms with Gasteiger partial charge < -0.3 is 14.5 Å². The zero-order valence-corrected chi connectivity index (χ0v) is 15.0. The maximum atomic E-state index is 12.8. The molecule has 2 aromatic rings. The number of hydrogen-bond donors (Lipinski definition) is 0. The molecule has 144 valence electrons. The van der Waals surface area contributed by atoms with Crippen LogP contribution in [0, 0.1) is 0 Å². The van der Waals surface area contributed by atoms with Crippen LogP contribution >= 0.6 is 0 Å². The molecule has 0 N–H and O–H groups in total. The summed E-state index contributed by atoms with van der Waals surface area (Å²) in [5.74, 6) is 0.621. The van der Waals surface area contributed by atoms with Crippen LogP contribution in [0.3, 0.4) is 0 Å². The monoisotopic (exact) mass is 378 g/mol. The van der Waals surface area contributed by atoms with Gasteiger partial charge in [-0.15, -0.1) is 0 Å². The van der Waals surface area contributed by atoms with E-state index in [1.54, 1.807) is 18.1 Å². The van der Waals surface area contributed by atoms with Gasteiger partial charge in [-0.2, -0.15) is 13.2 Å². The van der Waals surface area contributed by atoms with Gasteiger partial charge in [0.2, 0.25) is 5.91 Å². The molecule has 0 saturated carbocycles. The maximum absolute atomic E-state index is 12.8. The molecule has 27 heavy (non-hydrogen) atoms. The Morgan fingerprint density at radius 3 is 2.41 bits per heavy atom. The predicted molar refractivity (Wildman–Crippen MR) is 96.9 cm³/mol. The summed E-state index contributed by atoms with van der Waals surface area (Å²) in [5, 5.41) is 0. The van der Waals surface area contributed by atoms with E-state index in [4.69, 9.17) is 4.74 Å². The lowest BCUT2D eigenvalue weighted by atomic mass is 10.1. The number of hydrogen-bond acceptors (Lipinski definition) is 3. The third-order valence-electron chi connectivity index (χ3n) is 4.66. The third kappa shape index (κ3) is 4.72. The fraction of sp³-hybridized carbons (Fsp3) is 0.350. The van der Waals surface area contributed by atoms with Crippen LogP contribution < -0.4 is 9.64 Å². The highest BCUT2D eigenvalue weighted by Crippen LogP contribution is 2.29. The van der Waals surface area contributed by atoms with Crippen molar-refractivity contribution in [3.05, 3.63) is 59.7 Å². The number of benzene rings is 2. The minimum Gasteiger partial charge on any atom is -0.497 e. The van der Waals surface area contributed by atoms with Gasteiger partial charge in [-0.3, -0.25) is 4.79 Å². The summed E-state index contributed by atoms with van der Waals surface area (Å²) < 4.78 is 43.7. The van der Waals surface area contributed by atoms with Crippen LogP contribution in [0.25, 0.3) is 0 Å². The SMILES string of the molecule is COc1cccc(N2CCN(C(=O)Cc3cccc(C(F)(F)F)c3)CC2)c1. The zero-order chi connectivity index (χ0) is 19.4. The molecule has 2 aromatic carbocycles. The summed E-state index contributed by atoms with van der Waals surface area (Å²) in [6.45, 7) is 2.41. The maximum Gasteiger partial charge on any atom is 0.416 e. The van der Waals surface area contributed by atoms with E-state index in [1.807, 2.05) is 24.3 Å². The first-order chi connectivity index (χ1) is 12.9. The normalized spacial score (nSPS) is 15.0. The lowest BCUT2D eigenvalue weighted by molar-refractivity contribution is -0.138. The number of anilines is 1. The second-order valence-electron chi connectivity index (χ2n) is 6.44. The first-order valence-corrected chi connectivity index (χ1v) is 8.70. The lowest BCUT2D eigenvalue weighted by Crippen LogP contribution is -2.49. The molecular weight excluding hydrogens is 357 g/mol. The zero-order valence-electron chi connectivity index (χ0n) is 15.0. The standard InChI is InChI=1S/C20H21F3N2O2/c1-27-18-7-3-6-17(14-18)24-8-10-25(11-9-24)19(26)13-15-4-2-5-16(12-15)20(21,22)23/h2-7,12,14H,8-11,13H2,1H3. The van der Waals surface area contributed by atoms with Crippen molar-refractivity contribution < 1.29 is 22.7 Å². The van der Waals surface area contributed by atoms with E-state index < -0.39 is 11.7 Å². The van der Waals surface area contributed by atoms with Crippen molar-refractivity contribution in [2.45, 2.75) is 12.6 Å². The quantitative estimate of drug-likeness (QED) is 0.815. The molecule has 1 amide bonds. The van der Waals surface area contributed by atoms with Crippen LogP contribution in [-0.4, -0.2) is 44.1 Å². The van der Waals surface area contributed by atoms with Crippen molar-refractivity contribution in [3.8, 4) is 5.75 Å². The van der Waals surface area contributed by atoms with Gasteiger partial charge in [-0.25, -0.2) is 0 Å². The molecule has 0 aromatic heterocycles. The summed E-state index contributed by atoms with van der Waals surface area (Å²) in [5.41, 5.74) is 0.681.